The Morgan fingerprint density at radius 2 is 2.10 bits per heavy atom. The molecule has 1 aromatic carbocycles. The zero-order valence-corrected chi connectivity index (χ0v) is 11.5. The van der Waals surface area contributed by atoms with Crippen molar-refractivity contribution < 1.29 is 14.6 Å². The summed E-state index contributed by atoms with van der Waals surface area (Å²) in [5, 5.41) is 10.5. The van der Waals surface area contributed by atoms with Crippen molar-refractivity contribution in [1.29, 1.82) is 0 Å². The smallest absolute Gasteiger partial charge is 0.339 e. The summed E-state index contributed by atoms with van der Waals surface area (Å²) in [4.78, 5) is 12.3. The largest absolute Gasteiger partial charge is 0.507 e. The lowest BCUT2D eigenvalue weighted by molar-refractivity contribution is -0.144. The molecule has 20 heavy (non-hydrogen) atoms. The number of aliphatic hydroxyl groups excluding tert-OH is 1. The Kier molecular flexibility index (Phi) is 3.35. The number of esters is 1. The van der Waals surface area contributed by atoms with Crippen molar-refractivity contribution in [2.45, 2.75) is 38.2 Å². The third kappa shape index (κ3) is 2.03. The van der Waals surface area contributed by atoms with Crippen molar-refractivity contribution in [2.24, 2.45) is 0 Å². The number of hydrogen-bond acceptors (Lipinski definition) is 3. The summed E-state index contributed by atoms with van der Waals surface area (Å²) >= 11 is 0. The average Bonchev–Trinajstić information content (AvgIpc) is 2.92. The lowest BCUT2D eigenvalue weighted by Gasteiger charge is -2.28. The predicted molar refractivity (Wildman–Crippen MR) is 76.3 cm³/mol. The van der Waals surface area contributed by atoms with Crippen LogP contribution in [0.4, 0.5) is 0 Å². The zero-order chi connectivity index (χ0) is 14.1. The van der Waals surface area contributed by atoms with E-state index in [4.69, 9.17) is 4.74 Å². The van der Waals surface area contributed by atoms with Gasteiger partial charge in [-0.2, -0.15) is 0 Å². The summed E-state index contributed by atoms with van der Waals surface area (Å²) < 4.78 is 5.47. The van der Waals surface area contributed by atoms with E-state index in [0.717, 1.165) is 30.4 Å². The van der Waals surface area contributed by atoms with E-state index in [1.165, 1.54) is 0 Å². The summed E-state index contributed by atoms with van der Waals surface area (Å²) in [6.45, 7) is 2.01. The maximum Gasteiger partial charge on any atom is 0.339 e. The molecule has 2 aliphatic rings. The number of fused-ring (bicyclic) bond motifs is 1. The van der Waals surface area contributed by atoms with Crippen molar-refractivity contribution in [1.82, 2.24) is 0 Å². The summed E-state index contributed by atoms with van der Waals surface area (Å²) in [6, 6.07) is 9.80. The van der Waals surface area contributed by atoms with Crippen molar-refractivity contribution in [3.8, 4) is 0 Å². The van der Waals surface area contributed by atoms with Crippen LogP contribution in [-0.2, 0) is 9.53 Å². The standard InChI is InChI=1S/C17H18O3/c1-2-12(11-7-4-3-5-8-11)15-16(18)13-9-6-10-14(13)20-17(15)19/h3-5,7-9,12,14,18H,2,6,10H2,1H3. The highest BCUT2D eigenvalue weighted by Crippen LogP contribution is 2.39. The molecule has 0 bridgehead atoms. The highest BCUT2D eigenvalue weighted by atomic mass is 16.5. The number of aliphatic hydroxyl groups is 1. The van der Waals surface area contributed by atoms with Gasteiger partial charge in [0.15, 0.2) is 0 Å². The molecule has 0 amide bonds. The van der Waals surface area contributed by atoms with E-state index in [2.05, 4.69) is 0 Å². The Morgan fingerprint density at radius 3 is 2.80 bits per heavy atom. The van der Waals surface area contributed by atoms with Gasteiger partial charge >= 0.3 is 5.97 Å². The molecule has 0 saturated carbocycles. The fourth-order valence-corrected chi connectivity index (χ4v) is 3.09. The van der Waals surface area contributed by atoms with Crippen LogP contribution in [0.5, 0.6) is 0 Å². The van der Waals surface area contributed by atoms with Crippen molar-refractivity contribution in [3.05, 3.63) is 58.9 Å². The van der Waals surface area contributed by atoms with Gasteiger partial charge in [-0.15, -0.1) is 0 Å². The Morgan fingerprint density at radius 1 is 1.35 bits per heavy atom. The molecule has 2 unspecified atom stereocenters. The molecular weight excluding hydrogens is 252 g/mol. The van der Waals surface area contributed by atoms with E-state index in [1.54, 1.807) is 0 Å². The summed E-state index contributed by atoms with van der Waals surface area (Å²) in [6.07, 6.45) is 4.10. The first-order valence-electron chi connectivity index (χ1n) is 7.11. The van der Waals surface area contributed by atoms with Gasteiger partial charge < -0.3 is 9.84 Å². The molecule has 1 aliphatic carbocycles. The average molecular weight is 270 g/mol. The summed E-state index contributed by atoms with van der Waals surface area (Å²) in [5.74, 6) is -0.354. The van der Waals surface area contributed by atoms with E-state index in [0.29, 0.717) is 5.57 Å². The third-order valence-electron chi connectivity index (χ3n) is 4.10. The van der Waals surface area contributed by atoms with Gasteiger partial charge in [0.25, 0.3) is 0 Å². The molecule has 3 nitrogen and oxygen atoms in total. The van der Waals surface area contributed by atoms with Crippen molar-refractivity contribution >= 4 is 5.97 Å². The van der Waals surface area contributed by atoms with Crippen LogP contribution < -0.4 is 0 Å². The number of allylic oxidation sites excluding steroid dienone is 1. The Labute approximate surface area is 118 Å². The number of carbonyl (C=O) groups excluding carboxylic acids is 1. The number of benzene rings is 1. The minimum absolute atomic E-state index is 0.119. The van der Waals surface area contributed by atoms with Crippen LogP contribution in [-0.4, -0.2) is 17.2 Å². The molecular formula is C17H18O3. The van der Waals surface area contributed by atoms with Crippen LogP contribution in [0, 0.1) is 0 Å². The fourth-order valence-electron chi connectivity index (χ4n) is 3.09. The van der Waals surface area contributed by atoms with Gasteiger partial charge in [-0.25, -0.2) is 4.79 Å². The maximum absolute atomic E-state index is 12.3. The van der Waals surface area contributed by atoms with Crippen LogP contribution in [0.1, 0.15) is 37.7 Å². The second-order valence-electron chi connectivity index (χ2n) is 5.26. The van der Waals surface area contributed by atoms with Crippen LogP contribution in [0.2, 0.25) is 0 Å². The minimum Gasteiger partial charge on any atom is -0.507 e. The van der Waals surface area contributed by atoms with Crippen molar-refractivity contribution in [2.75, 3.05) is 0 Å². The van der Waals surface area contributed by atoms with Gasteiger partial charge in [0.05, 0.1) is 5.57 Å². The molecule has 0 aromatic heterocycles. The SMILES string of the molecule is CCC(C1=C(O)C2=CCCC2OC1=O)c1ccccc1. The number of carbonyl (C=O) groups is 1. The first kappa shape index (κ1) is 13.0. The zero-order valence-electron chi connectivity index (χ0n) is 11.5. The van der Waals surface area contributed by atoms with Gasteiger partial charge in [0, 0.05) is 11.5 Å². The molecule has 0 spiro atoms. The van der Waals surface area contributed by atoms with Crippen LogP contribution in [0.25, 0.3) is 0 Å². The molecule has 3 heteroatoms. The minimum atomic E-state index is -0.373. The second kappa shape index (κ2) is 5.16. The number of rotatable bonds is 3. The molecule has 1 heterocycles. The lowest BCUT2D eigenvalue weighted by Crippen LogP contribution is -2.29. The monoisotopic (exact) mass is 270 g/mol. The molecule has 0 fully saturated rings. The molecule has 0 saturated heterocycles. The number of ether oxygens (including phenoxy) is 1. The van der Waals surface area contributed by atoms with E-state index >= 15 is 0 Å². The molecule has 104 valence electrons. The highest BCUT2D eigenvalue weighted by molar-refractivity contribution is 5.93. The Balaban J connectivity index is 2.06. The first-order chi connectivity index (χ1) is 9.72. The van der Waals surface area contributed by atoms with E-state index in [-0.39, 0.29) is 23.8 Å². The van der Waals surface area contributed by atoms with Crippen LogP contribution in [0.3, 0.4) is 0 Å². The third-order valence-corrected chi connectivity index (χ3v) is 4.10. The molecule has 1 aromatic rings. The quantitative estimate of drug-likeness (QED) is 0.853. The van der Waals surface area contributed by atoms with Gasteiger partial charge in [-0.3, -0.25) is 0 Å². The second-order valence-corrected chi connectivity index (χ2v) is 5.26. The van der Waals surface area contributed by atoms with E-state index in [9.17, 15) is 9.90 Å². The normalized spacial score (nSPS) is 23.1. The molecule has 3 rings (SSSR count). The first-order valence-corrected chi connectivity index (χ1v) is 7.11. The molecule has 2 atom stereocenters. The Bertz CT molecular complexity index is 584. The van der Waals surface area contributed by atoms with Gasteiger partial charge in [-0.05, 0) is 24.8 Å². The van der Waals surface area contributed by atoms with Gasteiger partial charge in [0.2, 0.25) is 0 Å². The fraction of sp³-hybridized carbons (Fsp3) is 0.353. The molecule has 1 aliphatic heterocycles. The highest BCUT2D eigenvalue weighted by Gasteiger charge is 2.38. The summed E-state index contributed by atoms with van der Waals surface area (Å²) in [5.41, 5.74) is 2.22. The topological polar surface area (TPSA) is 46.5 Å². The predicted octanol–water partition coefficient (Wildman–Crippen LogP) is 3.64. The van der Waals surface area contributed by atoms with E-state index < -0.39 is 0 Å². The van der Waals surface area contributed by atoms with Crippen LogP contribution >= 0.6 is 0 Å². The maximum atomic E-state index is 12.3. The summed E-state index contributed by atoms with van der Waals surface area (Å²) in [7, 11) is 0. The lowest BCUT2D eigenvalue weighted by atomic mass is 9.85. The van der Waals surface area contributed by atoms with Crippen LogP contribution in [0.15, 0.2) is 53.3 Å². The Hall–Kier alpha value is -2.03. The molecule has 0 radical (unpaired) electrons. The van der Waals surface area contributed by atoms with E-state index in [1.807, 2.05) is 43.3 Å². The number of hydrogen-bond donors (Lipinski definition) is 1. The van der Waals surface area contributed by atoms with Gasteiger partial charge in [0.1, 0.15) is 11.9 Å². The molecule has 1 N–H and O–H groups in total. The van der Waals surface area contributed by atoms with Gasteiger partial charge in [-0.1, -0.05) is 43.3 Å². The van der Waals surface area contributed by atoms with Crippen molar-refractivity contribution in [3.63, 3.8) is 0 Å².